The van der Waals surface area contributed by atoms with Crippen LogP contribution < -0.4 is 4.74 Å². The maximum Gasteiger partial charge on any atom is 0.373 e. The van der Waals surface area contributed by atoms with E-state index in [1.54, 1.807) is 30.3 Å². The van der Waals surface area contributed by atoms with Crippen LogP contribution in [0.25, 0.3) is 0 Å². The maximum absolute atomic E-state index is 12.1. The Labute approximate surface area is 150 Å². The number of ether oxygens (including phenoxy) is 4. The predicted molar refractivity (Wildman–Crippen MR) is 90.1 cm³/mol. The topological polar surface area (TPSA) is 84.2 Å². The number of rotatable bonds is 7. The molecule has 1 fully saturated rings. The van der Waals surface area contributed by atoms with Crippen LogP contribution in [-0.2, 0) is 20.8 Å². The van der Waals surface area contributed by atoms with E-state index in [9.17, 15) is 9.59 Å². The lowest BCUT2D eigenvalue weighted by atomic mass is 10.2. The van der Waals surface area contributed by atoms with E-state index < -0.39 is 11.9 Å². The first-order valence-electron chi connectivity index (χ1n) is 8.34. The largest absolute Gasteiger partial charge is 0.491 e. The minimum atomic E-state index is -0.582. The number of esters is 2. The molecule has 7 nitrogen and oxygen atoms in total. The summed E-state index contributed by atoms with van der Waals surface area (Å²) < 4.78 is 26.1. The summed E-state index contributed by atoms with van der Waals surface area (Å²) in [5.74, 6) is 0.0141. The lowest BCUT2D eigenvalue weighted by molar-refractivity contribution is 0.0438. The van der Waals surface area contributed by atoms with Crippen molar-refractivity contribution < 1.29 is 33.0 Å². The molecular formula is C19H20O7. The standard InChI is InChI=1S/C19H20O7/c1-22-19(21)17-9-8-16(26-17)12-25-18(20)13-4-6-14(7-5-13)24-11-15-3-2-10-23-15/h4-9,15H,2-3,10-12H2,1H3/t15-/m0/s1. The molecule has 1 aliphatic heterocycles. The summed E-state index contributed by atoms with van der Waals surface area (Å²) in [6.07, 6.45) is 2.22. The Bertz CT molecular complexity index is 742. The van der Waals surface area contributed by atoms with Crippen LogP contribution in [0.2, 0.25) is 0 Å². The second kappa shape index (κ2) is 8.53. The fourth-order valence-electron chi connectivity index (χ4n) is 2.54. The zero-order chi connectivity index (χ0) is 18.4. The van der Waals surface area contributed by atoms with Crippen molar-refractivity contribution in [2.24, 2.45) is 0 Å². The molecule has 1 saturated heterocycles. The lowest BCUT2D eigenvalue weighted by Gasteiger charge is -2.11. The summed E-state index contributed by atoms with van der Waals surface area (Å²) in [4.78, 5) is 23.4. The van der Waals surface area contributed by atoms with Gasteiger partial charge < -0.3 is 23.4 Å². The van der Waals surface area contributed by atoms with Crippen LogP contribution in [0.4, 0.5) is 0 Å². The van der Waals surface area contributed by atoms with E-state index in [1.807, 2.05) is 0 Å². The van der Waals surface area contributed by atoms with E-state index in [0.717, 1.165) is 19.4 Å². The monoisotopic (exact) mass is 360 g/mol. The van der Waals surface area contributed by atoms with Crippen LogP contribution in [0.5, 0.6) is 5.75 Å². The zero-order valence-corrected chi connectivity index (χ0v) is 14.4. The highest BCUT2D eigenvalue weighted by molar-refractivity contribution is 5.89. The Balaban J connectivity index is 1.48. The highest BCUT2D eigenvalue weighted by Crippen LogP contribution is 2.17. The molecule has 1 aromatic carbocycles. The number of furan rings is 1. The molecule has 1 aromatic heterocycles. The molecule has 2 aromatic rings. The second-order valence-electron chi connectivity index (χ2n) is 5.80. The van der Waals surface area contributed by atoms with Crippen molar-refractivity contribution in [3.8, 4) is 5.75 Å². The number of methoxy groups -OCH3 is 1. The van der Waals surface area contributed by atoms with Gasteiger partial charge in [0, 0.05) is 6.61 Å². The summed E-state index contributed by atoms with van der Waals surface area (Å²) >= 11 is 0. The molecule has 26 heavy (non-hydrogen) atoms. The van der Waals surface area contributed by atoms with Gasteiger partial charge in [0.15, 0.2) is 0 Å². The van der Waals surface area contributed by atoms with E-state index in [2.05, 4.69) is 4.74 Å². The van der Waals surface area contributed by atoms with Crippen LogP contribution in [0, 0.1) is 0 Å². The Morgan fingerprint density at radius 3 is 2.62 bits per heavy atom. The van der Waals surface area contributed by atoms with Gasteiger partial charge in [0.25, 0.3) is 0 Å². The van der Waals surface area contributed by atoms with Crippen molar-refractivity contribution in [1.82, 2.24) is 0 Å². The Kier molecular flexibility index (Phi) is 5.91. The van der Waals surface area contributed by atoms with Gasteiger partial charge >= 0.3 is 11.9 Å². The molecule has 0 bridgehead atoms. The van der Waals surface area contributed by atoms with Crippen LogP contribution >= 0.6 is 0 Å². The molecule has 0 unspecified atom stereocenters. The number of carbonyl (C=O) groups is 2. The van der Waals surface area contributed by atoms with Crippen molar-refractivity contribution in [1.29, 1.82) is 0 Å². The summed E-state index contributed by atoms with van der Waals surface area (Å²) in [7, 11) is 1.26. The molecule has 3 rings (SSSR count). The van der Waals surface area contributed by atoms with E-state index in [1.165, 1.54) is 13.2 Å². The van der Waals surface area contributed by atoms with Crippen LogP contribution in [0.3, 0.4) is 0 Å². The third-order valence-corrected chi connectivity index (χ3v) is 3.94. The Morgan fingerprint density at radius 1 is 1.12 bits per heavy atom. The molecule has 138 valence electrons. The van der Waals surface area contributed by atoms with Gasteiger partial charge in [0.1, 0.15) is 24.7 Å². The summed E-state index contributed by atoms with van der Waals surface area (Å²) in [5, 5.41) is 0. The van der Waals surface area contributed by atoms with Crippen LogP contribution in [0.15, 0.2) is 40.8 Å². The Hall–Kier alpha value is -2.80. The van der Waals surface area contributed by atoms with Gasteiger partial charge in [0.05, 0.1) is 18.8 Å². The van der Waals surface area contributed by atoms with E-state index >= 15 is 0 Å². The van der Waals surface area contributed by atoms with Gasteiger partial charge in [-0.2, -0.15) is 0 Å². The molecule has 0 N–H and O–H groups in total. The smallest absolute Gasteiger partial charge is 0.373 e. The van der Waals surface area contributed by atoms with Crippen LogP contribution in [-0.4, -0.2) is 38.4 Å². The van der Waals surface area contributed by atoms with Gasteiger partial charge in [-0.25, -0.2) is 9.59 Å². The number of hydrogen-bond acceptors (Lipinski definition) is 7. The molecule has 1 aliphatic rings. The Morgan fingerprint density at radius 2 is 1.92 bits per heavy atom. The predicted octanol–water partition coefficient (Wildman–Crippen LogP) is 2.98. The fraction of sp³-hybridized carbons (Fsp3) is 0.368. The first kappa shape index (κ1) is 18.0. The van der Waals surface area contributed by atoms with E-state index in [-0.39, 0.29) is 18.5 Å². The normalized spacial score (nSPS) is 16.3. The molecule has 1 atom stereocenters. The zero-order valence-electron chi connectivity index (χ0n) is 14.4. The van der Waals surface area contributed by atoms with Gasteiger partial charge in [-0.05, 0) is 49.2 Å². The number of hydrogen-bond donors (Lipinski definition) is 0. The summed E-state index contributed by atoms with van der Waals surface area (Å²) in [5.41, 5.74) is 0.397. The first-order valence-corrected chi connectivity index (χ1v) is 8.34. The molecule has 0 amide bonds. The van der Waals surface area contributed by atoms with Gasteiger partial charge in [0.2, 0.25) is 5.76 Å². The fourth-order valence-corrected chi connectivity index (χ4v) is 2.54. The first-order chi connectivity index (χ1) is 12.7. The van der Waals surface area contributed by atoms with Gasteiger partial charge in [-0.3, -0.25) is 0 Å². The maximum atomic E-state index is 12.1. The van der Waals surface area contributed by atoms with Gasteiger partial charge in [-0.1, -0.05) is 0 Å². The van der Waals surface area contributed by atoms with Crippen molar-refractivity contribution in [2.45, 2.75) is 25.6 Å². The lowest BCUT2D eigenvalue weighted by Crippen LogP contribution is -2.16. The molecule has 2 heterocycles. The van der Waals surface area contributed by atoms with Crippen molar-refractivity contribution in [3.05, 3.63) is 53.5 Å². The molecule has 0 saturated carbocycles. The van der Waals surface area contributed by atoms with Crippen LogP contribution in [0.1, 0.15) is 39.5 Å². The second-order valence-corrected chi connectivity index (χ2v) is 5.80. The van der Waals surface area contributed by atoms with E-state index in [4.69, 9.17) is 18.6 Å². The summed E-state index contributed by atoms with van der Waals surface area (Å²) in [6, 6.07) is 9.72. The molecule has 0 aliphatic carbocycles. The average molecular weight is 360 g/mol. The minimum Gasteiger partial charge on any atom is -0.491 e. The van der Waals surface area contributed by atoms with Crippen molar-refractivity contribution >= 4 is 11.9 Å². The molecule has 7 heteroatoms. The molecular weight excluding hydrogens is 340 g/mol. The SMILES string of the molecule is COC(=O)c1ccc(COC(=O)c2ccc(OC[C@@H]3CCCO3)cc2)o1. The third-order valence-electron chi connectivity index (χ3n) is 3.94. The van der Waals surface area contributed by atoms with Crippen molar-refractivity contribution in [2.75, 3.05) is 20.3 Å². The van der Waals surface area contributed by atoms with Gasteiger partial charge in [-0.15, -0.1) is 0 Å². The summed E-state index contributed by atoms with van der Waals surface area (Å²) in [6.45, 7) is 1.22. The number of benzene rings is 1. The minimum absolute atomic E-state index is 0.0614. The van der Waals surface area contributed by atoms with Crippen molar-refractivity contribution in [3.63, 3.8) is 0 Å². The highest BCUT2D eigenvalue weighted by Gasteiger charge is 2.16. The molecule has 0 radical (unpaired) electrons. The quantitative estimate of drug-likeness (QED) is 0.702. The van der Waals surface area contributed by atoms with E-state index in [0.29, 0.717) is 23.7 Å². The highest BCUT2D eigenvalue weighted by atomic mass is 16.6. The molecule has 0 spiro atoms. The average Bonchev–Trinajstić information content (AvgIpc) is 3.36. The third kappa shape index (κ3) is 4.64. The number of carbonyl (C=O) groups excluding carboxylic acids is 2.